The molecule has 192 valence electrons. The van der Waals surface area contributed by atoms with Crippen molar-refractivity contribution in [2.24, 2.45) is 0 Å². The van der Waals surface area contributed by atoms with Crippen molar-refractivity contribution < 1.29 is 22.7 Å². The van der Waals surface area contributed by atoms with Crippen LogP contribution in [0.3, 0.4) is 0 Å². The van der Waals surface area contributed by atoms with Gasteiger partial charge in [0, 0.05) is 29.1 Å². The number of nitrogens with zero attached hydrogens (tertiary/aromatic N) is 1. The van der Waals surface area contributed by atoms with Gasteiger partial charge in [0.1, 0.15) is 18.0 Å². The lowest BCUT2D eigenvalue weighted by Gasteiger charge is -2.26. The number of carbonyl (C=O) groups is 1. The number of aryl methyl sites for hydroxylation is 1. The van der Waals surface area contributed by atoms with Gasteiger partial charge in [-0.3, -0.25) is 9.10 Å². The van der Waals surface area contributed by atoms with Crippen LogP contribution in [-0.4, -0.2) is 47.4 Å². The Labute approximate surface area is 221 Å². The largest absolute Gasteiger partial charge is 0.497 e. The number of ether oxygens (including phenoxy) is 2. The molecule has 0 aliphatic carbocycles. The van der Waals surface area contributed by atoms with E-state index in [9.17, 15) is 13.2 Å². The van der Waals surface area contributed by atoms with Gasteiger partial charge in [-0.05, 0) is 48.9 Å². The van der Waals surface area contributed by atoms with Crippen LogP contribution in [0.5, 0.6) is 11.5 Å². The molecule has 0 spiro atoms. The van der Waals surface area contributed by atoms with Gasteiger partial charge < -0.3 is 14.8 Å². The highest BCUT2D eigenvalue weighted by molar-refractivity contribution is 7.98. The minimum Gasteiger partial charge on any atom is -0.497 e. The number of carbonyl (C=O) groups excluding carboxylic acids is 1. The van der Waals surface area contributed by atoms with Crippen LogP contribution in [0, 0.1) is 6.92 Å². The summed E-state index contributed by atoms with van der Waals surface area (Å²) >= 11 is 7.66. The Kier molecular flexibility index (Phi) is 9.92. The van der Waals surface area contributed by atoms with E-state index in [1.54, 1.807) is 42.1 Å². The molecule has 0 bridgehead atoms. The summed E-state index contributed by atoms with van der Waals surface area (Å²) in [5, 5.41) is 3.50. The van der Waals surface area contributed by atoms with E-state index in [1.807, 2.05) is 31.2 Å². The second-order valence-corrected chi connectivity index (χ2v) is 11.3. The maximum Gasteiger partial charge on any atom is 0.264 e. The van der Waals surface area contributed by atoms with Gasteiger partial charge >= 0.3 is 0 Å². The van der Waals surface area contributed by atoms with Crippen LogP contribution in [0.2, 0.25) is 5.02 Å². The fourth-order valence-corrected chi connectivity index (χ4v) is 5.84. The maximum absolute atomic E-state index is 13.6. The quantitative estimate of drug-likeness (QED) is 0.324. The molecule has 0 heterocycles. The standard InChI is InChI=1S/C26H29ClN2O5S2/c1-19-7-10-23(11-8-19)36(31,32)29(24-12-9-22(33-2)16-25(24)34-3)17-26(30)28-13-14-35-18-20-5-4-6-21(27)15-20/h4-12,15-16H,13-14,17-18H2,1-3H3,(H,28,30). The van der Waals surface area contributed by atoms with Crippen molar-refractivity contribution in [3.8, 4) is 11.5 Å². The fraction of sp³-hybridized carbons (Fsp3) is 0.269. The van der Waals surface area contributed by atoms with E-state index in [4.69, 9.17) is 21.1 Å². The predicted octanol–water partition coefficient (Wildman–Crippen LogP) is 4.91. The smallest absolute Gasteiger partial charge is 0.264 e. The molecule has 36 heavy (non-hydrogen) atoms. The summed E-state index contributed by atoms with van der Waals surface area (Å²) in [6.07, 6.45) is 0. The van der Waals surface area contributed by atoms with Crippen molar-refractivity contribution in [2.75, 3.05) is 37.4 Å². The number of anilines is 1. The van der Waals surface area contributed by atoms with Gasteiger partial charge in [-0.25, -0.2) is 8.42 Å². The molecule has 1 amide bonds. The average Bonchev–Trinajstić information content (AvgIpc) is 2.87. The maximum atomic E-state index is 13.6. The lowest BCUT2D eigenvalue weighted by Crippen LogP contribution is -2.41. The van der Waals surface area contributed by atoms with Gasteiger partial charge in [0.15, 0.2) is 0 Å². The first kappa shape index (κ1) is 27.7. The van der Waals surface area contributed by atoms with E-state index in [1.165, 1.54) is 26.4 Å². The summed E-state index contributed by atoms with van der Waals surface area (Å²) in [5.41, 5.74) is 2.26. The molecule has 3 rings (SSSR count). The van der Waals surface area contributed by atoms with Crippen LogP contribution in [0.4, 0.5) is 5.69 Å². The van der Waals surface area contributed by atoms with Crippen LogP contribution >= 0.6 is 23.4 Å². The molecule has 0 aromatic heterocycles. The zero-order valence-corrected chi connectivity index (χ0v) is 22.8. The van der Waals surface area contributed by atoms with E-state index in [0.717, 1.165) is 21.2 Å². The minimum atomic E-state index is -4.06. The van der Waals surface area contributed by atoms with Gasteiger partial charge in [0.05, 0.1) is 24.8 Å². The van der Waals surface area contributed by atoms with Gasteiger partial charge in [0.2, 0.25) is 5.91 Å². The van der Waals surface area contributed by atoms with Crippen LogP contribution in [0.15, 0.2) is 71.6 Å². The summed E-state index contributed by atoms with van der Waals surface area (Å²) in [6.45, 7) is 1.86. The van der Waals surface area contributed by atoms with Crippen molar-refractivity contribution in [1.29, 1.82) is 0 Å². The van der Waals surface area contributed by atoms with Crippen LogP contribution in [0.1, 0.15) is 11.1 Å². The number of sulfonamides is 1. The van der Waals surface area contributed by atoms with Crippen LogP contribution in [0.25, 0.3) is 0 Å². The summed E-state index contributed by atoms with van der Waals surface area (Å²) in [5.74, 6) is 1.77. The number of amides is 1. The molecule has 7 nitrogen and oxygen atoms in total. The Morgan fingerprint density at radius 3 is 2.44 bits per heavy atom. The van der Waals surface area contributed by atoms with Crippen molar-refractivity contribution >= 4 is 45.0 Å². The molecule has 3 aromatic rings. The first-order valence-electron chi connectivity index (χ1n) is 11.1. The first-order chi connectivity index (χ1) is 17.2. The highest BCUT2D eigenvalue weighted by Gasteiger charge is 2.29. The zero-order valence-electron chi connectivity index (χ0n) is 20.4. The Morgan fingerprint density at radius 2 is 1.78 bits per heavy atom. The molecule has 0 aliphatic heterocycles. The summed E-state index contributed by atoms with van der Waals surface area (Å²) in [4.78, 5) is 12.9. The monoisotopic (exact) mass is 548 g/mol. The average molecular weight is 549 g/mol. The molecule has 0 saturated carbocycles. The number of benzene rings is 3. The topological polar surface area (TPSA) is 84.9 Å². The number of rotatable bonds is 12. The van der Waals surface area contributed by atoms with Crippen LogP contribution < -0.4 is 19.1 Å². The van der Waals surface area contributed by atoms with Crippen molar-refractivity contribution in [3.05, 3.63) is 82.9 Å². The molecule has 0 fully saturated rings. The van der Waals surface area contributed by atoms with E-state index in [2.05, 4.69) is 5.32 Å². The van der Waals surface area contributed by atoms with E-state index < -0.39 is 22.5 Å². The molecule has 1 N–H and O–H groups in total. The Bertz CT molecular complexity index is 1280. The number of methoxy groups -OCH3 is 2. The molecular formula is C26H29ClN2O5S2. The minimum absolute atomic E-state index is 0.0795. The first-order valence-corrected chi connectivity index (χ1v) is 14.1. The number of thioether (sulfide) groups is 1. The van der Waals surface area contributed by atoms with Gasteiger partial charge in [-0.15, -0.1) is 0 Å². The van der Waals surface area contributed by atoms with Crippen molar-refractivity contribution in [3.63, 3.8) is 0 Å². The van der Waals surface area contributed by atoms with Gasteiger partial charge in [0.25, 0.3) is 10.0 Å². The van der Waals surface area contributed by atoms with Crippen molar-refractivity contribution in [2.45, 2.75) is 17.6 Å². The van der Waals surface area contributed by atoms with Gasteiger partial charge in [-0.2, -0.15) is 11.8 Å². The normalized spacial score (nSPS) is 11.1. The molecule has 3 aromatic carbocycles. The molecule has 0 aliphatic rings. The molecule has 0 atom stereocenters. The highest BCUT2D eigenvalue weighted by Crippen LogP contribution is 2.35. The third-order valence-electron chi connectivity index (χ3n) is 5.28. The lowest BCUT2D eigenvalue weighted by molar-refractivity contribution is -0.119. The van der Waals surface area contributed by atoms with Crippen LogP contribution in [-0.2, 0) is 20.6 Å². The second kappa shape index (κ2) is 12.9. The molecule has 0 radical (unpaired) electrons. The summed E-state index contributed by atoms with van der Waals surface area (Å²) < 4.78 is 38.9. The van der Waals surface area contributed by atoms with Crippen molar-refractivity contribution in [1.82, 2.24) is 5.32 Å². The number of hydrogen-bond donors (Lipinski definition) is 1. The Balaban J connectivity index is 1.74. The second-order valence-electron chi connectivity index (χ2n) is 7.89. The highest BCUT2D eigenvalue weighted by atomic mass is 35.5. The summed E-state index contributed by atoms with van der Waals surface area (Å²) in [6, 6.07) is 18.9. The van der Waals surface area contributed by atoms with E-state index in [-0.39, 0.29) is 16.3 Å². The lowest BCUT2D eigenvalue weighted by atomic mass is 10.2. The Morgan fingerprint density at radius 1 is 1.03 bits per heavy atom. The number of halogens is 1. The summed E-state index contributed by atoms with van der Waals surface area (Å²) in [7, 11) is -1.12. The molecule has 0 saturated heterocycles. The van der Waals surface area contributed by atoms with E-state index in [0.29, 0.717) is 23.1 Å². The molecule has 0 unspecified atom stereocenters. The Hall–Kier alpha value is -2.88. The van der Waals surface area contributed by atoms with E-state index >= 15 is 0 Å². The third-order valence-corrected chi connectivity index (χ3v) is 8.32. The SMILES string of the molecule is COc1ccc(N(CC(=O)NCCSCc2cccc(Cl)c2)S(=O)(=O)c2ccc(C)cc2)c(OC)c1. The molecular weight excluding hydrogens is 520 g/mol. The number of hydrogen-bond acceptors (Lipinski definition) is 6. The number of nitrogens with one attached hydrogen (secondary N) is 1. The third kappa shape index (κ3) is 7.32. The van der Waals surface area contributed by atoms with Gasteiger partial charge in [-0.1, -0.05) is 41.4 Å². The fourth-order valence-electron chi connectivity index (χ4n) is 3.39. The predicted molar refractivity (Wildman–Crippen MR) is 146 cm³/mol. The molecule has 10 heteroatoms. The zero-order chi connectivity index (χ0) is 26.1.